The van der Waals surface area contributed by atoms with Gasteiger partial charge in [-0.1, -0.05) is 6.07 Å². The number of nitrogens with zero attached hydrogens (tertiary/aromatic N) is 2. The van der Waals surface area contributed by atoms with Crippen molar-refractivity contribution in [3.63, 3.8) is 0 Å². The summed E-state index contributed by atoms with van der Waals surface area (Å²) >= 11 is 0. The van der Waals surface area contributed by atoms with Crippen molar-refractivity contribution in [2.45, 2.75) is 20.8 Å². The van der Waals surface area contributed by atoms with Crippen LogP contribution in [0.15, 0.2) is 30.3 Å². The largest absolute Gasteiger partial charge is 0.340 e. The fourth-order valence-corrected chi connectivity index (χ4v) is 1.76. The van der Waals surface area contributed by atoms with E-state index in [1.165, 1.54) is 11.1 Å². The molecule has 0 radical (unpaired) electrons. The van der Waals surface area contributed by atoms with Crippen molar-refractivity contribution in [2.75, 3.05) is 5.32 Å². The molecule has 0 unspecified atom stereocenters. The first-order chi connectivity index (χ1) is 8.58. The second kappa shape index (κ2) is 4.89. The van der Waals surface area contributed by atoms with Gasteiger partial charge in [-0.15, -0.1) is 0 Å². The van der Waals surface area contributed by atoms with Crippen molar-refractivity contribution in [3.8, 4) is 6.07 Å². The van der Waals surface area contributed by atoms with E-state index in [2.05, 4.69) is 42.4 Å². The maximum atomic E-state index is 8.93. The van der Waals surface area contributed by atoms with Gasteiger partial charge in [-0.25, -0.2) is 4.98 Å². The van der Waals surface area contributed by atoms with Crippen LogP contribution in [0.25, 0.3) is 0 Å². The highest BCUT2D eigenvalue weighted by Gasteiger charge is 2.01. The number of hydrogen-bond acceptors (Lipinski definition) is 3. The third-order valence-corrected chi connectivity index (χ3v) is 2.86. The fourth-order valence-electron chi connectivity index (χ4n) is 1.76. The summed E-state index contributed by atoms with van der Waals surface area (Å²) in [6, 6.07) is 11.8. The minimum Gasteiger partial charge on any atom is -0.340 e. The van der Waals surface area contributed by atoms with E-state index < -0.39 is 0 Å². The molecule has 0 saturated carbocycles. The van der Waals surface area contributed by atoms with Gasteiger partial charge in [0.05, 0.1) is 11.6 Å². The Morgan fingerprint density at radius 3 is 2.50 bits per heavy atom. The van der Waals surface area contributed by atoms with E-state index in [1.807, 2.05) is 13.0 Å². The molecule has 18 heavy (non-hydrogen) atoms. The molecule has 0 bridgehead atoms. The van der Waals surface area contributed by atoms with Gasteiger partial charge in [-0.2, -0.15) is 5.26 Å². The van der Waals surface area contributed by atoms with Crippen molar-refractivity contribution >= 4 is 11.5 Å². The number of hydrogen-bond donors (Lipinski definition) is 1. The highest BCUT2D eigenvalue weighted by atomic mass is 15.0. The van der Waals surface area contributed by atoms with Gasteiger partial charge in [0.25, 0.3) is 0 Å². The lowest BCUT2D eigenvalue weighted by Crippen LogP contribution is -1.97. The van der Waals surface area contributed by atoms with Gasteiger partial charge in [0.2, 0.25) is 0 Å². The molecule has 0 amide bonds. The Bertz CT molecular complexity index is 624. The predicted molar refractivity (Wildman–Crippen MR) is 72.9 cm³/mol. The number of nitriles is 1. The van der Waals surface area contributed by atoms with Gasteiger partial charge < -0.3 is 5.32 Å². The Labute approximate surface area is 107 Å². The Morgan fingerprint density at radius 1 is 1.06 bits per heavy atom. The average molecular weight is 237 g/mol. The van der Waals surface area contributed by atoms with Crippen LogP contribution < -0.4 is 5.32 Å². The summed E-state index contributed by atoms with van der Waals surface area (Å²) in [4.78, 5) is 4.37. The van der Waals surface area contributed by atoms with Crippen molar-refractivity contribution in [2.24, 2.45) is 0 Å². The van der Waals surface area contributed by atoms with Crippen LogP contribution in [0.5, 0.6) is 0 Å². The number of nitrogens with one attached hydrogen (secondary N) is 1. The first-order valence-corrected chi connectivity index (χ1v) is 5.81. The highest BCUT2D eigenvalue weighted by molar-refractivity contribution is 5.59. The van der Waals surface area contributed by atoms with Crippen LogP contribution in [0.3, 0.4) is 0 Å². The fraction of sp³-hybridized carbons (Fsp3) is 0.200. The van der Waals surface area contributed by atoms with Gasteiger partial charge >= 0.3 is 0 Å². The molecule has 1 aromatic carbocycles. The van der Waals surface area contributed by atoms with Crippen LogP contribution in [-0.4, -0.2) is 4.98 Å². The zero-order valence-corrected chi connectivity index (χ0v) is 10.8. The molecule has 0 fully saturated rings. The van der Waals surface area contributed by atoms with Gasteiger partial charge in [0, 0.05) is 11.4 Å². The van der Waals surface area contributed by atoms with Crippen molar-refractivity contribution in [1.29, 1.82) is 5.26 Å². The second-order valence-corrected chi connectivity index (χ2v) is 4.42. The Kier molecular flexibility index (Phi) is 3.29. The third kappa shape index (κ3) is 2.67. The van der Waals surface area contributed by atoms with E-state index in [9.17, 15) is 0 Å². The first kappa shape index (κ1) is 12.1. The van der Waals surface area contributed by atoms with Gasteiger partial charge in [-0.05, 0) is 56.2 Å². The summed E-state index contributed by atoms with van der Waals surface area (Å²) in [7, 11) is 0. The topological polar surface area (TPSA) is 48.7 Å². The summed E-state index contributed by atoms with van der Waals surface area (Å²) in [6.45, 7) is 6.04. The molecule has 90 valence electrons. The number of benzene rings is 1. The minimum atomic E-state index is 0.619. The molecule has 0 aliphatic rings. The Morgan fingerprint density at radius 2 is 1.83 bits per heavy atom. The van der Waals surface area contributed by atoms with Gasteiger partial charge in [0.1, 0.15) is 5.82 Å². The monoisotopic (exact) mass is 237 g/mol. The molecule has 0 aliphatic heterocycles. The summed E-state index contributed by atoms with van der Waals surface area (Å²) in [6.07, 6.45) is 0. The maximum Gasteiger partial charge on any atom is 0.131 e. The van der Waals surface area contributed by atoms with Crippen molar-refractivity contribution in [1.82, 2.24) is 4.98 Å². The van der Waals surface area contributed by atoms with E-state index in [1.54, 1.807) is 12.1 Å². The summed E-state index contributed by atoms with van der Waals surface area (Å²) in [5.41, 5.74) is 4.93. The van der Waals surface area contributed by atoms with Crippen LogP contribution in [-0.2, 0) is 0 Å². The molecule has 1 N–H and O–H groups in total. The SMILES string of the molecule is Cc1cc(C#N)cc(Nc2ccc(C)c(C)c2)n1. The zero-order chi connectivity index (χ0) is 13.1. The average Bonchev–Trinajstić information content (AvgIpc) is 2.33. The molecule has 2 aromatic rings. The summed E-state index contributed by atoms with van der Waals surface area (Å²) < 4.78 is 0. The van der Waals surface area contributed by atoms with E-state index in [4.69, 9.17) is 5.26 Å². The van der Waals surface area contributed by atoms with Gasteiger partial charge in [-0.3, -0.25) is 0 Å². The highest BCUT2D eigenvalue weighted by Crippen LogP contribution is 2.19. The molecule has 3 heteroatoms. The maximum absolute atomic E-state index is 8.93. The molecule has 1 aromatic heterocycles. The molecular weight excluding hydrogens is 222 g/mol. The molecule has 3 nitrogen and oxygen atoms in total. The first-order valence-electron chi connectivity index (χ1n) is 5.81. The normalized spacial score (nSPS) is 9.89. The lowest BCUT2D eigenvalue weighted by molar-refractivity contribution is 1.19. The minimum absolute atomic E-state index is 0.619. The van der Waals surface area contributed by atoms with Crippen LogP contribution in [0.4, 0.5) is 11.5 Å². The Balaban J connectivity index is 2.31. The molecular formula is C15H15N3. The molecule has 2 rings (SSSR count). The zero-order valence-electron chi connectivity index (χ0n) is 10.8. The molecule has 0 atom stereocenters. The quantitative estimate of drug-likeness (QED) is 0.867. The number of aryl methyl sites for hydroxylation is 3. The van der Waals surface area contributed by atoms with Crippen molar-refractivity contribution in [3.05, 3.63) is 52.7 Å². The smallest absolute Gasteiger partial charge is 0.131 e. The van der Waals surface area contributed by atoms with E-state index in [0.29, 0.717) is 11.4 Å². The molecule has 0 aliphatic carbocycles. The number of pyridine rings is 1. The predicted octanol–water partition coefficient (Wildman–Crippen LogP) is 3.62. The van der Waals surface area contributed by atoms with Crippen LogP contribution in [0.1, 0.15) is 22.4 Å². The second-order valence-electron chi connectivity index (χ2n) is 4.42. The lowest BCUT2D eigenvalue weighted by atomic mass is 10.1. The van der Waals surface area contributed by atoms with E-state index in [-0.39, 0.29) is 0 Å². The van der Waals surface area contributed by atoms with E-state index in [0.717, 1.165) is 11.4 Å². The van der Waals surface area contributed by atoms with E-state index >= 15 is 0 Å². The summed E-state index contributed by atoms with van der Waals surface area (Å²) in [5.74, 6) is 0.704. The van der Waals surface area contributed by atoms with Gasteiger partial charge in [0.15, 0.2) is 0 Å². The molecule has 1 heterocycles. The van der Waals surface area contributed by atoms with Crippen LogP contribution >= 0.6 is 0 Å². The Hall–Kier alpha value is -2.34. The standard InChI is InChI=1S/C15H15N3/c1-10-4-5-14(6-11(10)2)18-15-8-13(9-16)7-12(3)17-15/h4-8H,1-3H3,(H,17,18). The molecule has 0 saturated heterocycles. The summed E-state index contributed by atoms with van der Waals surface area (Å²) in [5, 5.41) is 12.2. The lowest BCUT2D eigenvalue weighted by Gasteiger charge is -2.09. The van der Waals surface area contributed by atoms with Crippen LogP contribution in [0, 0.1) is 32.1 Å². The number of rotatable bonds is 2. The number of anilines is 2. The van der Waals surface area contributed by atoms with Crippen LogP contribution in [0.2, 0.25) is 0 Å². The number of aromatic nitrogens is 1. The molecule has 0 spiro atoms. The third-order valence-electron chi connectivity index (χ3n) is 2.86. The van der Waals surface area contributed by atoms with Crippen molar-refractivity contribution < 1.29 is 0 Å².